The van der Waals surface area contributed by atoms with Gasteiger partial charge in [-0.25, -0.2) is 8.78 Å². The number of carbonyl (C=O) groups excluding carboxylic acids is 8. The topological polar surface area (TPSA) is 399 Å². The second-order valence-corrected chi connectivity index (χ2v) is 30.9. The predicted octanol–water partition coefficient (Wildman–Crippen LogP) is 3.34. The molecular weight excluding hydrogens is 1440 g/mol. The van der Waals surface area contributed by atoms with Gasteiger partial charge >= 0.3 is 0 Å². The van der Waals surface area contributed by atoms with Crippen LogP contribution < -0.4 is 37.0 Å². The van der Waals surface area contributed by atoms with E-state index in [2.05, 4.69) is 38.8 Å². The Morgan fingerprint density at radius 3 is 2.17 bits per heavy atom. The Morgan fingerprint density at radius 1 is 0.800 bits per heavy atom. The summed E-state index contributed by atoms with van der Waals surface area (Å²) in [4.78, 5) is 109. The number of aliphatic hydroxyl groups is 5. The Bertz CT molecular complexity index is 3550. The van der Waals surface area contributed by atoms with Crippen LogP contribution in [-0.2, 0) is 76.3 Å². The number of hydrazine groups is 2. The highest BCUT2D eigenvalue weighted by Gasteiger charge is 2.80. The lowest BCUT2D eigenvalue weighted by Gasteiger charge is -2.63. The van der Waals surface area contributed by atoms with Crippen LogP contribution in [0.25, 0.3) is 0 Å². The number of amides is 6. The summed E-state index contributed by atoms with van der Waals surface area (Å²) in [7, 11) is 0. The maximum atomic E-state index is 18.1. The summed E-state index contributed by atoms with van der Waals surface area (Å²) in [6.07, 6.45) is -0.122. The molecule has 1 aromatic rings. The van der Waals surface area contributed by atoms with Gasteiger partial charge < -0.3 is 94.9 Å². The average molecular weight is 1550 g/mol. The van der Waals surface area contributed by atoms with Crippen LogP contribution in [0.4, 0.5) is 14.5 Å². The SMILES string of the molecule is C=C1C=C[C@@]2(C)C(=C1)[C@@H](F)C[C@H]1[C@@H]3C[C@H]4OC(CCC)O[C@@]4(C(=O)COc4ccc(NC(=O)[C@H](C)CC(=O)[C@@H](NC(=O)[C@@H](CCCCNC(=O)COC5CCCCCC6=C5NNN6[C@@H]5O[C@H](CO)[C@H](O)[C@H](O)[C@H]5O)NC(=O)CCOCCOCCOCCOCCN5C(=O)C=CC5=O)C(C)C)cc4)[C@@]3(C)C[C@H](O)[C@@]12F. The van der Waals surface area contributed by atoms with Gasteiger partial charge in [0, 0.05) is 59.9 Å². The molecule has 0 bridgehead atoms. The molecule has 32 heteroatoms. The quantitative estimate of drug-likeness (QED) is 0.0331. The van der Waals surface area contributed by atoms with Crippen LogP contribution in [0.1, 0.15) is 138 Å². The van der Waals surface area contributed by atoms with Gasteiger partial charge in [0.15, 0.2) is 29.6 Å². The number of halogens is 2. The highest BCUT2D eigenvalue weighted by atomic mass is 19.1. The van der Waals surface area contributed by atoms with Crippen molar-refractivity contribution in [2.24, 2.45) is 34.5 Å². The highest BCUT2D eigenvalue weighted by molar-refractivity contribution is 6.12. The molecule has 5 fully saturated rings. The van der Waals surface area contributed by atoms with E-state index in [-0.39, 0.29) is 134 Å². The second-order valence-electron chi connectivity index (χ2n) is 30.9. The van der Waals surface area contributed by atoms with Crippen LogP contribution in [0.3, 0.4) is 0 Å². The molecule has 4 aliphatic heterocycles. The van der Waals surface area contributed by atoms with Gasteiger partial charge in [0.25, 0.3) is 11.8 Å². The number of nitrogens with one attached hydrogen (secondary N) is 6. The molecule has 9 aliphatic rings. The van der Waals surface area contributed by atoms with Gasteiger partial charge in [-0.3, -0.25) is 48.3 Å². The third kappa shape index (κ3) is 18.9. The Morgan fingerprint density at radius 2 is 1.49 bits per heavy atom. The van der Waals surface area contributed by atoms with Gasteiger partial charge in [0.1, 0.15) is 61.7 Å². The molecule has 3 saturated carbocycles. The molecule has 30 nitrogen and oxygen atoms in total. The summed E-state index contributed by atoms with van der Waals surface area (Å²) in [5, 5.41) is 66.5. The molecular formula is C78H112F2N8O22. The monoisotopic (exact) mass is 1550 g/mol. The summed E-state index contributed by atoms with van der Waals surface area (Å²) in [5.74, 6) is -6.45. The van der Waals surface area contributed by atoms with Crippen molar-refractivity contribution >= 4 is 52.7 Å². The first kappa shape index (κ1) is 85.4. The number of carbonyl (C=O) groups is 8. The van der Waals surface area contributed by atoms with E-state index in [1.54, 1.807) is 70.2 Å². The Balaban J connectivity index is 0.697. The van der Waals surface area contributed by atoms with E-state index in [1.165, 1.54) is 17.2 Å². The summed E-state index contributed by atoms with van der Waals surface area (Å²) in [6.45, 7) is 14.8. The minimum atomic E-state index is -2.27. The first-order valence-electron chi connectivity index (χ1n) is 38.8. The lowest BCUT2D eigenvalue weighted by atomic mass is 9.44. The van der Waals surface area contributed by atoms with Gasteiger partial charge in [-0.2, -0.15) is 0 Å². The number of hydrogen-bond donors (Lipinski definition) is 11. The van der Waals surface area contributed by atoms with Crippen molar-refractivity contribution in [3.63, 3.8) is 0 Å². The van der Waals surface area contributed by atoms with E-state index < -0.39 is 168 Å². The first-order chi connectivity index (χ1) is 52.6. The zero-order valence-corrected chi connectivity index (χ0v) is 63.8. The van der Waals surface area contributed by atoms with Crippen LogP contribution in [0.5, 0.6) is 5.75 Å². The van der Waals surface area contributed by atoms with Crippen molar-refractivity contribution in [3.05, 3.63) is 83.8 Å². The summed E-state index contributed by atoms with van der Waals surface area (Å²) in [5.41, 5.74) is 1.88. The van der Waals surface area contributed by atoms with E-state index in [0.29, 0.717) is 61.2 Å². The number of alkyl halides is 2. The standard InChI is InChI=1S/C78H112F2N8O22/c1-8-14-66-109-61-40-50-51-39-53(79)52-37-46(4)24-26-75(52,6)77(51,80)59(91)41-76(50,7)78(61,110-66)60(92)43-106-49-20-18-48(19-21-49)82-72(100)47(5)38-56(90)67(45(2)3)84-73(101)54(83-62(93)25-29-102-31-33-104-35-36-105-34-32-103-30-28-87-64(95)22-23-65(87)96)15-12-13-27-81-63(94)44-107-57-17-11-9-10-16-55-68(57)85-86-88(55)74-71(99)70(98)69(97)58(42-89)108-74/h18-24,26,37,45,47,50-51,53-54,57-59,61,66-67,69-71,74,85-86,89,91,97-99H,4,8-17,25,27-36,38-44H2,1-3,5-7H3,(H,81,94)(H,82,100)(H,83,93)(H,84,101)/t47-,50+,51+,53+,54-,57?,58-,59+,61-,66?,67+,69+,70+,71-,74-,75+,76+,77+,78-/m1/s1. The lowest BCUT2D eigenvalue weighted by Crippen LogP contribution is -2.70. The number of nitrogens with zero attached hydrogens (tertiary/aromatic N) is 2. The molecule has 5 aliphatic carbocycles. The average Bonchev–Trinajstić information content (AvgIpc) is 1.46. The predicted molar refractivity (Wildman–Crippen MR) is 391 cm³/mol. The molecule has 1 aromatic carbocycles. The van der Waals surface area contributed by atoms with E-state index in [1.807, 2.05) is 13.8 Å². The van der Waals surface area contributed by atoms with E-state index in [0.717, 1.165) is 24.2 Å². The number of unbranched alkanes of at least 4 members (excludes halogenated alkanes) is 1. The van der Waals surface area contributed by atoms with E-state index >= 15 is 8.78 Å². The molecule has 0 spiro atoms. The Labute approximate surface area is 640 Å². The van der Waals surface area contributed by atoms with Gasteiger partial charge in [-0.15, -0.1) is 5.53 Å². The first-order valence-corrected chi connectivity index (χ1v) is 38.8. The number of hydrogen-bond acceptors (Lipinski definition) is 25. The number of anilines is 1. The molecule has 0 radical (unpaired) electrons. The number of rotatable bonds is 40. The summed E-state index contributed by atoms with van der Waals surface area (Å²) >= 11 is 0. The van der Waals surface area contributed by atoms with Gasteiger partial charge in [-0.05, 0) is 118 Å². The molecule has 6 amide bonds. The number of fused-ring (bicyclic) bond motifs is 7. The number of imide groups is 1. The maximum Gasteiger partial charge on any atom is 0.253 e. The molecule has 4 heterocycles. The van der Waals surface area contributed by atoms with Gasteiger partial charge in [0.2, 0.25) is 29.4 Å². The number of Topliss-reactive ketones (excluding diaryl/α,β-unsaturated/α-hetero) is 2. The molecule has 11 N–H and O–H groups in total. The molecule has 2 saturated heterocycles. The minimum Gasteiger partial charge on any atom is -0.486 e. The fourth-order valence-electron chi connectivity index (χ4n) is 17.2. The normalized spacial score (nSPS) is 31.8. The van der Waals surface area contributed by atoms with E-state index in [9.17, 15) is 63.9 Å². The summed E-state index contributed by atoms with van der Waals surface area (Å²) in [6, 6.07) is 4.02. The van der Waals surface area contributed by atoms with Crippen LogP contribution in [0.2, 0.25) is 0 Å². The van der Waals surface area contributed by atoms with E-state index in [4.69, 9.17) is 42.6 Å². The van der Waals surface area contributed by atoms with Crippen molar-refractivity contribution in [1.82, 2.24) is 36.8 Å². The molecule has 2 unspecified atom stereocenters. The van der Waals surface area contributed by atoms with Crippen molar-refractivity contribution in [1.29, 1.82) is 0 Å². The van der Waals surface area contributed by atoms with Crippen molar-refractivity contribution in [2.75, 3.05) is 91.1 Å². The Hall–Kier alpha value is -7.02. The second kappa shape index (κ2) is 38.2. The van der Waals surface area contributed by atoms with Crippen molar-refractivity contribution in [2.45, 2.75) is 223 Å². The molecule has 610 valence electrons. The largest absolute Gasteiger partial charge is 0.486 e. The zero-order valence-electron chi connectivity index (χ0n) is 63.8. The number of ketones is 2. The van der Waals surface area contributed by atoms with Crippen molar-refractivity contribution < 1.29 is 115 Å². The fourth-order valence-corrected chi connectivity index (χ4v) is 17.2. The lowest BCUT2D eigenvalue weighted by molar-refractivity contribution is -0.266. The molecule has 110 heavy (non-hydrogen) atoms. The summed E-state index contributed by atoms with van der Waals surface area (Å²) < 4.78 is 88.0. The van der Waals surface area contributed by atoms with Crippen LogP contribution in [0, 0.1) is 34.5 Å². The number of ether oxygens (including phenoxy) is 9. The van der Waals surface area contributed by atoms with Crippen LogP contribution in [-0.4, -0.2) is 253 Å². The minimum absolute atomic E-state index is 0.0179. The van der Waals surface area contributed by atoms with Crippen molar-refractivity contribution in [3.8, 4) is 5.75 Å². The highest BCUT2D eigenvalue weighted by Crippen LogP contribution is 2.72. The molecule has 0 aromatic heterocycles. The third-order valence-electron chi connectivity index (χ3n) is 23.2. The smallest absolute Gasteiger partial charge is 0.253 e. The van der Waals surface area contributed by atoms with Crippen LogP contribution in [0.15, 0.2) is 83.8 Å². The van der Waals surface area contributed by atoms with Gasteiger partial charge in [-0.1, -0.05) is 78.7 Å². The Kier molecular flexibility index (Phi) is 29.7. The third-order valence-corrected chi connectivity index (χ3v) is 23.2. The number of allylic oxidation sites excluding steroid dienone is 6. The number of benzene rings is 1. The zero-order chi connectivity index (χ0) is 79.2. The molecule has 19 atom stereocenters. The van der Waals surface area contributed by atoms with Crippen LogP contribution >= 0.6 is 0 Å². The fraction of sp³-hybridized carbons (Fsp3) is 0.692. The number of aliphatic hydroxyl groups excluding tert-OH is 5. The van der Waals surface area contributed by atoms with Gasteiger partial charge in [0.05, 0.1) is 95.7 Å². The molecule has 10 rings (SSSR count). The maximum absolute atomic E-state index is 18.1.